The number of nitrogens with zero attached hydrogens (tertiary/aromatic N) is 5. The van der Waals surface area contributed by atoms with E-state index < -0.39 is 0 Å². The van der Waals surface area contributed by atoms with Gasteiger partial charge < -0.3 is 14.8 Å². The number of amides is 1. The third-order valence-corrected chi connectivity index (χ3v) is 6.02. The summed E-state index contributed by atoms with van der Waals surface area (Å²) in [6.45, 7) is 8.99. The molecule has 3 heterocycles. The average Bonchev–Trinajstić information content (AvgIpc) is 3.56. The molecule has 1 aliphatic rings. The quantitative estimate of drug-likeness (QED) is 0.466. The van der Waals surface area contributed by atoms with Crippen LogP contribution < -0.4 is 5.32 Å². The first-order valence-electron chi connectivity index (χ1n) is 11.6. The van der Waals surface area contributed by atoms with Crippen LogP contribution in [-0.4, -0.2) is 56.5 Å². The highest BCUT2D eigenvalue weighted by atomic mass is 16.1. The normalized spacial score (nSPS) is 13.5. The Bertz CT molecular complexity index is 1010. The maximum atomic E-state index is 13.0. The predicted molar refractivity (Wildman–Crippen MR) is 126 cm³/mol. The molecule has 3 aromatic rings. The number of nitrogens with one attached hydrogen (secondary N) is 1. The third kappa shape index (κ3) is 5.59. The van der Waals surface area contributed by atoms with Gasteiger partial charge >= 0.3 is 0 Å². The number of hydrogen-bond donors (Lipinski definition) is 1. The Hall–Kier alpha value is -3.06. The summed E-state index contributed by atoms with van der Waals surface area (Å²) >= 11 is 0. The van der Waals surface area contributed by atoms with Gasteiger partial charge in [0, 0.05) is 60.8 Å². The molecule has 0 aromatic carbocycles. The Morgan fingerprint density at radius 1 is 1.12 bits per heavy atom. The minimum atomic E-state index is -0.00987. The Morgan fingerprint density at radius 3 is 2.56 bits per heavy atom. The Balaban J connectivity index is 1.46. The van der Waals surface area contributed by atoms with Crippen LogP contribution in [0.2, 0.25) is 0 Å². The number of aromatic nitrogens is 4. The zero-order chi connectivity index (χ0) is 22.3. The van der Waals surface area contributed by atoms with Crippen molar-refractivity contribution in [2.45, 2.75) is 39.7 Å². The summed E-state index contributed by atoms with van der Waals surface area (Å²) in [4.78, 5) is 28.5. The first-order chi connectivity index (χ1) is 15.7. The summed E-state index contributed by atoms with van der Waals surface area (Å²) < 4.78 is 2.10. The number of carbonyl (C=O) groups excluding carboxylic acids is 1. The molecule has 1 fully saturated rings. The summed E-state index contributed by atoms with van der Waals surface area (Å²) in [6, 6.07) is 5.78. The van der Waals surface area contributed by atoms with Crippen LogP contribution in [-0.2, 0) is 6.54 Å². The molecule has 0 aliphatic heterocycles. The Morgan fingerprint density at radius 2 is 1.91 bits per heavy atom. The Labute approximate surface area is 189 Å². The fourth-order valence-corrected chi connectivity index (χ4v) is 3.84. The lowest BCUT2D eigenvalue weighted by molar-refractivity contribution is 0.0942. The van der Waals surface area contributed by atoms with Crippen molar-refractivity contribution >= 4 is 5.91 Å². The molecular weight excluding hydrogens is 400 g/mol. The largest absolute Gasteiger partial charge is 0.351 e. The second kappa shape index (κ2) is 10.5. The van der Waals surface area contributed by atoms with E-state index in [2.05, 4.69) is 49.8 Å². The van der Waals surface area contributed by atoms with E-state index >= 15 is 0 Å². The minimum Gasteiger partial charge on any atom is -0.351 e. The van der Waals surface area contributed by atoms with Crippen molar-refractivity contribution in [1.29, 1.82) is 0 Å². The van der Waals surface area contributed by atoms with Crippen molar-refractivity contribution in [1.82, 2.24) is 29.7 Å². The molecule has 1 N–H and O–H groups in total. The van der Waals surface area contributed by atoms with Crippen LogP contribution in [0.25, 0.3) is 22.5 Å². The van der Waals surface area contributed by atoms with Gasteiger partial charge in [0.1, 0.15) is 5.69 Å². The van der Waals surface area contributed by atoms with Crippen molar-refractivity contribution in [2.24, 2.45) is 5.92 Å². The summed E-state index contributed by atoms with van der Waals surface area (Å²) in [5.41, 5.74) is 3.47. The predicted octanol–water partition coefficient (Wildman–Crippen LogP) is 3.88. The maximum absolute atomic E-state index is 13.0. The molecule has 0 spiro atoms. The fourth-order valence-electron chi connectivity index (χ4n) is 3.84. The van der Waals surface area contributed by atoms with E-state index in [4.69, 9.17) is 0 Å². The zero-order valence-electron chi connectivity index (χ0n) is 19.0. The van der Waals surface area contributed by atoms with E-state index in [-0.39, 0.29) is 5.91 Å². The molecule has 3 aromatic heterocycles. The van der Waals surface area contributed by atoms with Crippen molar-refractivity contribution in [3.63, 3.8) is 0 Å². The highest BCUT2D eigenvalue weighted by molar-refractivity contribution is 5.94. The van der Waals surface area contributed by atoms with Crippen LogP contribution in [0.1, 0.15) is 43.6 Å². The highest BCUT2D eigenvalue weighted by Crippen LogP contribution is 2.32. The second-order valence-corrected chi connectivity index (χ2v) is 8.38. The van der Waals surface area contributed by atoms with E-state index in [9.17, 15) is 4.79 Å². The van der Waals surface area contributed by atoms with E-state index in [0.29, 0.717) is 24.0 Å². The molecule has 0 unspecified atom stereocenters. The van der Waals surface area contributed by atoms with Gasteiger partial charge in [0.05, 0.1) is 0 Å². The summed E-state index contributed by atoms with van der Waals surface area (Å²) in [6.07, 6.45) is 12.6. The fraction of sp³-hybridized carbons (Fsp3) is 0.440. The summed E-state index contributed by atoms with van der Waals surface area (Å²) in [5, 5.41) is 3.11. The van der Waals surface area contributed by atoms with Gasteiger partial charge in [-0.2, -0.15) is 0 Å². The lowest BCUT2D eigenvalue weighted by atomic mass is 10.1. The molecule has 7 nitrogen and oxygen atoms in total. The lowest BCUT2D eigenvalue weighted by Gasteiger charge is -2.17. The van der Waals surface area contributed by atoms with E-state index in [1.165, 1.54) is 12.8 Å². The van der Waals surface area contributed by atoms with Crippen LogP contribution in [0.5, 0.6) is 0 Å². The van der Waals surface area contributed by atoms with Crippen LogP contribution in [0.4, 0.5) is 0 Å². The molecular formula is C25H32N6O. The molecule has 0 bridgehead atoms. The molecule has 0 atom stereocenters. The molecule has 0 saturated heterocycles. The van der Waals surface area contributed by atoms with Gasteiger partial charge in [-0.3, -0.25) is 9.78 Å². The van der Waals surface area contributed by atoms with E-state index in [1.807, 2.05) is 30.6 Å². The van der Waals surface area contributed by atoms with Crippen LogP contribution in [0.3, 0.4) is 0 Å². The minimum absolute atomic E-state index is 0.00987. The Kier molecular flexibility index (Phi) is 7.27. The van der Waals surface area contributed by atoms with Crippen molar-refractivity contribution in [3.8, 4) is 22.5 Å². The van der Waals surface area contributed by atoms with Gasteiger partial charge in [0.15, 0.2) is 5.82 Å². The maximum Gasteiger partial charge on any atom is 0.267 e. The van der Waals surface area contributed by atoms with Crippen molar-refractivity contribution < 1.29 is 4.79 Å². The number of pyridine rings is 1. The SMILES string of the molecule is CCN(CC)CCCNC(=O)c1cc(-c2cnc(-c3cccnc3)nc2)cn1CC1CC1. The van der Waals surface area contributed by atoms with Gasteiger partial charge in [-0.1, -0.05) is 13.8 Å². The second-order valence-electron chi connectivity index (χ2n) is 8.38. The van der Waals surface area contributed by atoms with Gasteiger partial charge in [-0.25, -0.2) is 9.97 Å². The average molecular weight is 433 g/mol. The van der Waals surface area contributed by atoms with Crippen LogP contribution in [0.15, 0.2) is 49.2 Å². The molecule has 1 amide bonds. The zero-order valence-corrected chi connectivity index (χ0v) is 19.0. The lowest BCUT2D eigenvalue weighted by Crippen LogP contribution is -2.31. The number of rotatable bonds is 11. The van der Waals surface area contributed by atoms with Gasteiger partial charge in [0.2, 0.25) is 0 Å². The molecule has 1 saturated carbocycles. The van der Waals surface area contributed by atoms with Crippen molar-refractivity contribution in [3.05, 3.63) is 54.9 Å². The highest BCUT2D eigenvalue weighted by Gasteiger charge is 2.24. The molecule has 0 radical (unpaired) electrons. The monoisotopic (exact) mass is 432 g/mol. The first-order valence-corrected chi connectivity index (χ1v) is 11.6. The van der Waals surface area contributed by atoms with Gasteiger partial charge in [0.25, 0.3) is 5.91 Å². The number of carbonyl (C=O) groups is 1. The van der Waals surface area contributed by atoms with Crippen LogP contribution in [0, 0.1) is 5.92 Å². The van der Waals surface area contributed by atoms with Gasteiger partial charge in [-0.15, -0.1) is 0 Å². The standard InChI is InChI=1S/C25H32N6O/c1-3-30(4-2)12-6-11-27-25(32)23-13-21(18-31(23)17-19-8-9-19)22-15-28-24(29-16-22)20-7-5-10-26-14-20/h5,7,10,13-16,18-19H,3-4,6,8-9,11-12,17H2,1-2H3,(H,27,32). The van der Waals surface area contributed by atoms with E-state index in [0.717, 1.165) is 49.3 Å². The molecule has 4 rings (SSSR count). The molecule has 32 heavy (non-hydrogen) atoms. The van der Waals surface area contributed by atoms with E-state index in [1.54, 1.807) is 12.4 Å². The first kappa shape index (κ1) is 22.1. The van der Waals surface area contributed by atoms with Crippen molar-refractivity contribution in [2.75, 3.05) is 26.2 Å². The molecule has 168 valence electrons. The van der Waals surface area contributed by atoms with Crippen LogP contribution >= 0.6 is 0 Å². The number of hydrogen-bond acceptors (Lipinski definition) is 5. The molecule has 1 aliphatic carbocycles. The molecule has 7 heteroatoms. The third-order valence-electron chi connectivity index (χ3n) is 6.02. The summed E-state index contributed by atoms with van der Waals surface area (Å²) in [7, 11) is 0. The van der Waals surface area contributed by atoms with Gasteiger partial charge in [-0.05, 0) is 63.0 Å². The smallest absolute Gasteiger partial charge is 0.267 e. The summed E-state index contributed by atoms with van der Waals surface area (Å²) in [5.74, 6) is 1.31. The topological polar surface area (TPSA) is 75.9 Å².